The van der Waals surface area contributed by atoms with Gasteiger partial charge in [0.1, 0.15) is 0 Å². The second-order valence-corrected chi connectivity index (χ2v) is 7.99. The Kier molecular flexibility index (Phi) is 8.33. The van der Waals surface area contributed by atoms with E-state index in [1.165, 1.54) is 16.1 Å². The van der Waals surface area contributed by atoms with Crippen LogP contribution in [0.5, 0.6) is 0 Å². The molecule has 0 aromatic heterocycles. The van der Waals surface area contributed by atoms with E-state index in [0.717, 1.165) is 56.1 Å². The van der Waals surface area contributed by atoms with Crippen LogP contribution in [0.25, 0.3) is 0 Å². The van der Waals surface area contributed by atoms with Crippen molar-refractivity contribution in [3.63, 3.8) is 0 Å². The largest absolute Gasteiger partial charge is 0.378 e. The molecular weight excluding hydrogens is 392 g/mol. The minimum absolute atomic E-state index is 0.734. The molecule has 1 heterocycles. The lowest BCUT2D eigenvalue weighted by molar-refractivity contribution is 0.122. The molecule has 150 valence electrons. The number of guanidine groups is 1. The van der Waals surface area contributed by atoms with Crippen LogP contribution in [0.2, 0.25) is 5.02 Å². The van der Waals surface area contributed by atoms with Crippen LogP contribution in [0.1, 0.15) is 5.56 Å². The Hall–Kier alpha value is -1.89. The van der Waals surface area contributed by atoms with Gasteiger partial charge in [-0.05, 0) is 35.9 Å². The van der Waals surface area contributed by atoms with E-state index in [1.54, 1.807) is 18.8 Å². The van der Waals surface area contributed by atoms with E-state index in [-0.39, 0.29) is 0 Å². The van der Waals surface area contributed by atoms with Crippen LogP contribution in [-0.4, -0.2) is 51.6 Å². The van der Waals surface area contributed by atoms with Crippen molar-refractivity contribution in [2.24, 2.45) is 4.99 Å². The highest BCUT2D eigenvalue weighted by Gasteiger charge is 2.14. The summed E-state index contributed by atoms with van der Waals surface area (Å²) >= 11 is 7.72. The molecular formula is C21H27ClN4OS. The number of para-hydroxylation sites is 1. The lowest BCUT2D eigenvalue weighted by Crippen LogP contribution is -2.39. The van der Waals surface area contributed by atoms with Crippen molar-refractivity contribution < 1.29 is 4.74 Å². The van der Waals surface area contributed by atoms with Crippen molar-refractivity contribution in [2.75, 3.05) is 50.5 Å². The van der Waals surface area contributed by atoms with Gasteiger partial charge in [-0.2, -0.15) is 0 Å². The zero-order valence-electron chi connectivity index (χ0n) is 16.2. The average Bonchev–Trinajstić information content (AvgIpc) is 2.75. The zero-order chi connectivity index (χ0) is 19.6. The molecule has 1 aliphatic heterocycles. The predicted molar refractivity (Wildman–Crippen MR) is 120 cm³/mol. The molecule has 1 fully saturated rings. The number of nitrogens with zero attached hydrogens (tertiary/aromatic N) is 2. The molecule has 0 amide bonds. The minimum Gasteiger partial charge on any atom is -0.378 e. The standard InChI is InChI=1S/C21H27ClN4OS/c1-23-21(24-10-15-28-19-8-6-18(22)7-9-19)25-16-17-4-2-3-5-20(17)26-11-13-27-14-12-26/h2-9H,10-16H2,1H3,(H2,23,24,25). The summed E-state index contributed by atoms with van der Waals surface area (Å²) in [7, 11) is 1.80. The Balaban J connectivity index is 1.46. The van der Waals surface area contributed by atoms with E-state index in [1.807, 2.05) is 24.3 Å². The van der Waals surface area contributed by atoms with Gasteiger partial charge >= 0.3 is 0 Å². The molecule has 5 nitrogen and oxygen atoms in total. The number of morpholine rings is 1. The van der Waals surface area contributed by atoms with Crippen molar-refractivity contribution in [1.29, 1.82) is 0 Å². The summed E-state index contributed by atoms with van der Waals surface area (Å²) in [5.41, 5.74) is 2.54. The third kappa shape index (κ3) is 6.33. The van der Waals surface area contributed by atoms with Gasteiger partial charge in [0.05, 0.1) is 13.2 Å². The summed E-state index contributed by atoms with van der Waals surface area (Å²) in [5.74, 6) is 1.76. The number of hydrogen-bond acceptors (Lipinski definition) is 4. The zero-order valence-corrected chi connectivity index (χ0v) is 17.7. The molecule has 1 saturated heterocycles. The lowest BCUT2D eigenvalue weighted by atomic mass is 10.1. The van der Waals surface area contributed by atoms with Gasteiger partial charge < -0.3 is 20.3 Å². The van der Waals surface area contributed by atoms with E-state index in [0.29, 0.717) is 0 Å². The Bertz CT molecular complexity index is 763. The Morgan fingerprint density at radius 2 is 1.86 bits per heavy atom. The fraction of sp³-hybridized carbons (Fsp3) is 0.381. The molecule has 0 spiro atoms. The molecule has 28 heavy (non-hydrogen) atoms. The average molecular weight is 419 g/mol. The first-order valence-electron chi connectivity index (χ1n) is 9.50. The van der Waals surface area contributed by atoms with Gasteiger partial charge in [-0.1, -0.05) is 29.8 Å². The molecule has 1 aliphatic rings. The molecule has 3 rings (SSSR count). The third-order valence-corrected chi connectivity index (χ3v) is 5.76. The summed E-state index contributed by atoms with van der Waals surface area (Å²) in [4.78, 5) is 7.94. The van der Waals surface area contributed by atoms with Gasteiger partial charge in [0.2, 0.25) is 0 Å². The Morgan fingerprint density at radius 1 is 1.11 bits per heavy atom. The maximum atomic E-state index is 5.92. The van der Waals surface area contributed by atoms with Crippen molar-refractivity contribution in [3.05, 3.63) is 59.1 Å². The lowest BCUT2D eigenvalue weighted by Gasteiger charge is -2.30. The summed E-state index contributed by atoms with van der Waals surface area (Å²) in [6.07, 6.45) is 0. The number of nitrogens with one attached hydrogen (secondary N) is 2. The molecule has 0 bridgehead atoms. The molecule has 2 aromatic carbocycles. The Morgan fingerprint density at radius 3 is 2.61 bits per heavy atom. The number of halogens is 1. The van der Waals surface area contributed by atoms with Crippen molar-refractivity contribution in [2.45, 2.75) is 11.4 Å². The maximum absolute atomic E-state index is 5.92. The van der Waals surface area contributed by atoms with Gasteiger partial charge in [-0.15, -0.1) is 11.8 Å². The molecule has 0 radical (unpaired) electrons. The van der Waals surface area contributed by atoms with Crippen LogP contribution < -0.4 is 15.5 Å². The minimum atomic E-state index is 0.734. The summed E-state index contributed by atoms with van der Waals surface area (Å²) in [5, 5.41) is 7.57. The van der Waals surface area contributed by atoms with Crippen LogP contribution >= 0.6 is 23.4 Å². The normalized spacial score (nSPS) is 14.8. The van der Waals surface area contributed by atoms with Crippen LogP contribution in [-0.2, 0) is 11.3 Å². The number of thioether (sulfide) groups is 1. The van der Waals surface area contributed by atoms with E-state index >= 15 is 0 Å². The molecule has 0 unspecified atom stereocenters. The highest BCUT2D eigenvalue weighted by molar-refractivity contribution is 7.99. The van der Waals surface area contributed by atoms with Crippen molar-refractivity contribution in [3.8, 4) is 0 Å². The van der Waals surface area contributed by atoms with E-state index < -0.39 is 0 Å². The number of benzene rings is 2. The predicted octanol–water partition coefficient (Wildman–Crippen LogP) is 3.63. The van der Waals surface area contributed by atoms with Crippen molar-refractivity contribution in [1.82, 2.24) is 10.6 Å². The summed E-state index contributed by atoms with van der Waals surface area (Å²) < 4.78 is 5.47. The van der Waals surface area contributed by atoms with Gasteiger partial charge in [0.15, 0.2) is 5.96 Å². The monoisotopic (exact) mass is 418 g/mol. The first-order valence-corrected chi connectivity index (χ1v) is 10.9. The first-order chi connectivity index (χ1) is 13.8. The highest BCUT2D eigenvalue weighted by atomic mass is 35.5. The molecule has 2 N–H and O–H groups in total. The molecule has 7 heteroatoms. The van der Waals surface area contributed by atoms with E-state index in [9.17, 15) is 0 Å². The van der Waals surface area contributed by atoms with E-state index in [4.69, 9.17) is 16.3 Å². The Labute approximate surface area is 176 Å². The number of aliphatic imine (C=N–C) groups is 1. The SMILES string of the molecule is CN=C(NCCSc1ccc(Cl)cc1)NCc1ccccc1N1CCOCC1. The fourth-order valence-electron chi connectivity index (χ4n) is 3.04. The molecule has 0 aliphatic carbocycles. The van der Waals surface area contributed by atoms with Gasteiger partial charge in [0.25, 0.3) is 0 Å². The van der Waals surface area contributed by atoms with Gasteiger partial charge in [-0.3, -0.25) is 4.99 Å². The quantitative estimate of drug-likeness (QED) is 0.311. The number of anilines is 1. The van der Waals surface area contributed by atoms with E-state index in [2.05, 4.69) is 44.8 Å². The first kappa shape index (κ1) is 20.8. The molecule has 0 saturated carbocycles. The fourth-order valence-corrected chi connectivity index (χ4v) is 3.94. The maximum Gasteiger partial charge on any atom is 0.191 e. The third-order valence-electron chi connectivity index (χ3n) is 4.49. The molecule has 2 aromatic rings. The van der Waals surface area contributed by atoms with Crippen LogP contribution in [0.15, 0.2) is 58.4 Å². The number of hydrogen-bond donors (Lipinski definition) is 2. The van der Waals surface area contributed by atoms with Crippen LogP contribution in [0.3, 0.4) is 0 Å². The topological polar surface area (TPSA) is 48.9 Å². The molecule has 0 atom stereocenters. The second kappa shape index (κ2) is 11.2. The number of rotatable bonds is 7. The summed E-state index contributed by atoms with van der Waals surface area (Å²) in [6, 6.07) is 16.5. The van der Waals surface area contributed by atoms with Gasteiger partial charge in [-0.25, -0.2) is 0 Å². The second-order valence-electron chi connectivity index (χ2n) is 6.38. The highest BCUT2D eigenvalue weighted by Crippen LogP contribution is 2.21. The van der Waals surface area contributed by atoms with Crippen LogP contribution in [0, 0.1) is 0 Å². The smallest absolute Gasteiger partial charge is 0.191 e. The summed E-state index contributed by atoms with van der Waals surface area (Å²) in [6.45, 7) is 5.01. The van der Waals surface area contributed by atoms with Crippen LogP contribution in [0.4, 0.5) is 5.69 Å². The number of ether oxygens (including phenoxy) is 1. The van der Waals surface area contributed by atoms with Crippen molar-refractivity contribution >= 4 is 35.0 Å². The van der Waals surface area contributed by atoms with Gasteiger partial charge in [0, 0.05) is 54.6 Å².